The molecular weight excluding hydrogens is 411 g/mol. The van der Waals surface area contributed by atoms with Gasteiger partial charge in [-0.15, -0.1) is 13.2 Å². The van der Waals surface area contributed by atoms with Crippen molar-refractivity contribution in [3.05, 3.63) is 94.3 Å². The molecule has 5 rings (SSSR count). The second-order valence-electron chi connectivity index (χ2n) is 8.30. The molecule has 0 fully saturated rings. The van der Waals surface area contributed by atoms with E-state index in [0.29, 0.717) is 0 Å². The van der Waals surface area contributed by atoms with Gasteiger partial charge in [0, 0.05) is 17.8 Å². The Labute approximate surface area is 185 Å². The van der Waals surface area contributed by atoms with Crippen LogP contribution in [0.3, 0.4) is 0 Å². The molecule has 1 heterocycles. The normalized spacial score (nSPS) is 17.1. The minimum absolute atomic E-state index is 0.0520. The maximum atomic E-state index is 12.9. The first-order valence-electron chi connectivity index (χ1n) is 10.7. The monoisotopic (exact) mass is 433 g/mol. The van der Waals surface area contributed by atoms with Crippen LogP contribution in [0.25, 0.3) is 23.3 Å². The number of aryl methyl sites for hydroxylation is 1. The van der Waals surface area contributed by atoms with Gasteiger partial charge in [0.15, 0.2) is 0 Å². The van der Waals surface area contributed by atoms with Crippen LogP contribution in [-0.2, 0) is 12.8 Å². The van der Waals surface area contributed by atoms with Gasteiger partial charge in [-0.25, -0.2) is 0 Å². The number of nitrogens with zero attached hydrogens (tertiary/aromatic N) is 1. The lowest BCUT2D eigenvalue weighted by Gasteiger charge is -2.30. The molecule has 0 saturated heterocycles. The van der Waals surface area contributed by atoms with Crippen LogP contribution in [0, 0.1) is 6.92 Å². The van der Waals surface area contributed by atoms with Crippen molar-refractivity contribution in [2.24, 2.45) is 0 Å². The highest BCUT2D eigenvalue weighted by Gasteiger charge is 2.32. The van der Waals surface area contributed by atoms with Crippen molar-refractivity contribution in [3.8, 4) is 16.9 Å². The molecule has 0 bridgehead atoms. The van der Waals surface area contributed by atoms with Gasteiger partial charge in [-0.05, 0) is 83.3 Å². The Morgan fingerprint density at radius 3 is 2.69 bits per heavy atom. The van der Waals surface area contributed by atoms with E-state index in [0.717, 1.165) is 47.2 Å². The minimum Gasteiger partial charge on any atom is -0.406 e. The van der Waals surface area contributed by atoms with E-state index in [9.17, 15) is 13.2 Å². The number of hydrogen-bond acceptors (Lipinski definition) is 2. The highest BCUT2D eigenvalue weighted by atomic mass is 19.4. The fraction of sp³-hybridized carbons (Fsp3) is 0.222. The van der Waals surface area contributed by atoms with E-state index >= 15 is 0 Å². The summed E-state index contributed by atoms with van der Waals surface area (Å²) in [4.78, 5) is 4.34. The quantitative estimate of drug-likeness (QED) is 0.433. The van der Waals surface area contributed by atoms with Gasteiger partial charge in [0.2, 0.25) is 0 Å². The van der Waals surface area contributed by atoms with Crippen molar-refractivity contribution in [3.63, 3.8) is 0 Å². The van der Waals surface area contributed by atoms with Gasteiger partial charge < -0.3 is 4.74 Å². The van der Waals surface area contributed by atoms with Crippen LogP contribution in [0.2, 0.25) is 0 Å². The molecule has 5 heteroatoms. The summed E-state index contributed by atoms with van der Waals surface area (Å²) in [5.74, 6) is -0.136. The van der Waals surface area contributed by atoms with E-state index in [2.05, 4.69) is 34.0 Å². The first-order chi connectivity index (χ1) is 15.4. The number of hydrogen-bond donors (Lipinski definition) is 0. The van der Waals surface area contributed by atoms with Gasteiger partial charge in [-0.2, -0.15) is 0 Å². The summed E-state index contributed by atoms with van der Waals surface area (Å²) in [6.45, 7) is 1.94. The molecular formula is C27H22F3NO. The van der Waals surface area contributed by atoms with Gasteiger partial charge in [0.25, 0.3) is 0 Å². The highest BCUT2D eigenvalue weighted by molar-refractivity contribution is 5.79. The lowest BCUT2D eigenvalue weighted by Crippen LogP contribution is -2.18. The summed E-state index contributed by atoms with van der Waals surface area (Å²) in [5.41, 5.74) is 8.49. The van der Waals surface area contributed by atoms with Crippen molar-refractivity contribution in [2.75, 3.05) is 0 Å². The molecule has 2 nitrogen and oxygen atoms in total. The Balaban J connectivity index is 1.60. The zero-order valence-electron chi connectivity index (χ0n) is 17.6. The number of allylic oxidation sites excluding steroid dienone is 2. The standard InChI is InChI=1S/C27H22F3NO/c1-17-6-7-18(16-31-17)8-9-20-14-25-22-5-3-2-4-19(22)10-12-24(25)26-15-21(11-13-23(20)26)32-27(28,29)30/h2,4,6-13,15-16,20H,3,5,14H2,1H3/b9-8-. The van der Waals surface area contributed by atoms with Crippen LogP contribution in [-0.4, -0.2) is 11.3 Å². The third-order valence-corrected chi connectivity index (χ3v) is 6.15. The molecule has 1 unspecified atom stereocenters. The fourth-order valence-electron chi connectivity index (χ4n) is 4.68. The molecule has 2 aliphatic carbocycles. The van der Waals surface area contributed by atoms with Crippen LogP contribution in [0.15, 0.2) is 60.8 Å². The number of alkyl halides is 3. The molecule has 0 spiro atoms. The SMILES string of the molecule is Cc1ccc(/C=C\C2Cc3c(ccc4c3CCC=C4)-c3cc(OC(F)(F)F)ccc32)cn1. The summed E-state index contributed by atoms with van der Waals surface area (Å²) in [6, 6.07) is 12.8. The Bertz CT molecular complexity index is 1220. The van der Waals surface area contributed by atoms with Crippen molar-refractivity contribution in [1.29, 1.82) is 0 Å². The van der Waals surface area contributed by atoms with Crippen LogP contribution in [0.1, 0.15) is 45.8 Å². The third-order valence-electron chi connectivity index (χ3n) is 6.15. The third kappa shape index (κ3) is 4.07. The highest BCUT2D eigenvalue weighted by Crippen LogP contribution is 2.45. The molecule has 0 N–H and O–H groups in total. The molecule has 2 aromatic carbocycles. The van der Waals surface area contributed by atoms with E-state index in [1.165, 1.54) is 28.8 Å². The second kappa shape index (κ2) is 7.97. The molecule has 0 radical (unpaired) electrons. The van der Waals surface area contributed by atoms with Gasteiger partial charge >= 0.3 is 6.36 Å². The molecule has 2 aliphatic rings. The Hall–Kier alpha value is -3.34. The smallest absolute Gasteiger partial charge is 0.406 e. The summed E-state index contributed by atoms with van der Waals surface area (Å²) in [6.07, 6.45) is 8.33. The summed E-state index contributed by atoms with van der Waals surface area (Å²) in [7, 11) is 0. The number of ether oxygens (including phenoxy) is 1. The van der Waals surface area contributed by atoms with Gasteiger partial charge in [0.05, 0.1) is 0 Å². The largest absolute Gasteiger partial charge is 0.573 e. The molecule has 162 valence electrons. The van der Waals surface area contributed by atoms with E-state index in [-0.39, 0.29) is 11.7 Å². The first kappa shape index (κ1) is 20.6. The lowest BCUT2D eigenvalue weighted by molar-refractivity contribution is -0.274. The van der Waals surface area contributed by atoms with Crippen LogP contribution in [0.5, 0.6) is 5.75 Å². The Morgan fingerprint density at radius 2 is 1.91 bits per heavy atom. The average molecular weight is 433 g/mol. The average Bonchev–Trinajstić information content (AvgIpc) is 2.77. The minimum atomic E-state index is -4.72. The molecule has 0 saturated carbocycles. The van der Waals surface area contributed by atoms with Crippen LogP contribution in [0.4, 0.5) is 13.2 Å². The molecule has 32 heavy (non-hydrogen) atoms. The Kier molecular flexibility index (Phi) is 5.12. The van der Waals surface area contributed by atoms with E-state index in [1.54, 1.807) is 6.07 Å². The second-order valence-corrected chi connectivity index (χ2v) is 8.30. The van der Waals surface area contributed by atoms with Gasteiger partial charge in [0.1, 0.15) is 5.75 Å². The molecule has 3 aromatic rings. The number of aromatic nitrogens is 1. The molecule has 0 aliphatic heterocycles. The van der Waals surface area contributed by atoms with Crippen molar-refractivity contribution in [1.82, 2.24) is 4.98 Å². The Morgan fingerprint density at radius 1 is 1.03 bits per heavy atom. The van der Waals surface area contributed by atoms with Crippen molar-refractivity contribution < 1.29 is 17.9 Å². The molecule has 0 amide bonds. The zero-order valence-corrected chi connectivity index (χ0v) is 17.6. The van der Waals surface area contributed by atoms with Crippen molar-refractivity contribution >= 4 is 12.2 Å². The van der Waals surface area contributed by atoms with E-state index in [4.69, 9.17) is 0 Å². The van der Waals surface area contributed by atoms with E-state index in [1.807, 2.05) is 37.4 Å². The summed E-state index contributed by atoms with van der Waals surface area (Å²) in [5, 5.41) is 0. The number of benzene rings is 2. The first-order valence-corrected chi connectivity index (χ1v) is 10.7. The topological polar surface area (TPSA) is 22.1 Å². The maximum absolute atomic E-state index is 12.9. The van der Waals surface area contributed by atoms with E-state index < -0.39 is 6.36 Å². The van der Waals surface area contributed by atoms with Crippen LogP contribution >= 0.6 is 0 Å². The predicted molar refractivity (Wildman–Crippen MR) is 120 cm³/mol. The number of halogens is 3. The van der Waals surface area contributed by atoms with Crippen molar-refractivity contribution in [2.45, 2.75) is 38.5 Å². The van der Waals surface area contributed by atoms with Gasteiger partial charge in [-0.3, -0.25) is 4.98 Å². The maximum Gasteiger partial charge on any atom is 0.573 e. The number of fused-ring (bicyclic) bond motifs is 5. The molecule has 1 atom stereocenters. The number of rotatable bonds is 3. The lowest BCUT2D eigenvalue weighted by atomic mass is 9.74. The summed E-state index contributed by atoms with van der Waals surface area (Å²) < 4.78 is 42.8. The van der Waals surface area contributed by atoms with Crippen LogP contribution < -0.4 is 4.74 Å². The predicted octanol–water partition coefficient (Wildman–Crippen LogP) is 7.27. The number of pyridine rings is 1. The molecule has 1 aromatic heterocycles. The zero-order chi connectivity index (χ0) is 22.3. The van der Waals surface area contributed by atoms with Gasteiger partial charge in [-0.1, -0.05) is 48.6 Å². The fourth-order valence-corrected chi connectivity index (χ4v) is 4.68. The summed E-state index contributed by atoms with van der Waals surface area (Å²) >= 11 is 0.